The predicted molar refractivity (Wildman–Crippen MR) is 84.0 cm³/mol. The van der Waals surface area contributed by atoms with E-state index in [2.05, 4.69) is 4.90 Å². The molecule has 0 bridgehead atoms. The number of hydrogen-bond donors (Lipinski definition) is 2. The van der Waals surface area contributed by atoms with Crippen LogP contribution in [0.25, 0.3) is 0 Å². The molecule has 1 amide bonds. The van der Waals surface area contributed by atoms with Crippen LogP contribution in [-0.4, -0.2) is 35.5 Å². The van der Waals surface area contributed by atoms with E-state index < -0.39 is 6.10 Å². The lowest BCUT2D eigenvalue weighted by Gasteiger charge is -2.34. The normalized spacial score (nSPS) is 21.1. The van der Waals surface area contributed by atoms with E-state index in [1.165, 1.54) is 0 Å². The number of likely N-dealkylation sites (tertiary alicyclic amines) is 1. The molecule has 0 saturated carbocycles. The number of β-amino-alcohol motifs (C(OH)–C–C–N with tert-alkyl or cyclic N) is 1. The quantitative estimate of drug-likeness (QED) is 0.847. The summed E-state index contributed by atoms with van der Waals surface area (Å²) in [6, 6.07) is 7.32. The third-order valence-electron chi connectivity index (χ3n) is 4.09. The van der Waals surface area contributed by atoms with Crippen LogP contribution in [0.1, 0.15) is 37.4 Å². The summed E-state index contributed by atoms with van der Waals surface area (Å²) in [5, 5.41) is 11.0. The lowest BCUT2D eigenvalue weighted by atomic mass is 9.93. The van der Waals surface area contributed by atoms with Crippen molar-refractivity contribution in [2.75, 3.05) is 19.6 Å². The van der Waals surface area contributed by atoms with Crippen molar-refractivity contribution in [3.05, 3.63) is 34.9 Å². The maximum absolute atomic E-state index is 10.9. The van der Waals surface area contributed by atoms with Crippen LogP contribution in [0.15, 0.2) is 24.3 Å². The second kappa shape index (κ2) is 7.78. The number of rotatable bonds is 6. The smallest absolute Gasteiger partial charge is 0.217 e. The molecule has 2 atom stereocenters. The van der Waals surface area contributed by atoms with Crippen molar-refractivity contribution in [1.29, 1.82) is 0 Å². The zero-order chi connectivity index (χ0) is 15.2. The molecule has 0 spiro atoms. The molecule has 1 aromatic rings. The third-order valence-corrected chi connectivity index (χ3v) is 4.34. The summed E-state index contributed by atoms with van der Waals surface area (Å²) in [6.45, 7) is 2.55. The first-order valence-electron chi connectivity index (χ1n) is 7.49. The standard InChI is InChI=1S/C16H23ClN2O2/c17-14-6-4-13(5-7-14)15(20)11-19-9-1-2-12(10-19)3-8-16(18)21/h4-7,12,15,20H,1-3,8-11H2,(H2,18,21). The molecular formula is C16H23ClN2O2. The average molecular weight is 311 g/mol. The fraction of sp³-hybridized carbons (Fsp3) is 0.562. The lowest BCUT2D eigenvalue weighted by molar-refractivity contribution is -0.118. The minimum absolute atomic E-state index is 0.228. The first kappa shape index (κ1) is 16.3. The van der Waals surface area contributed by atoms with Crippen molar-refractivity contribution in [3.63, 3.8) is 0 Å². The van der Waals surface area contributed by atoms with Crippen molar-refractivity contribution in [3.8, 4) is 0 Å². The van der Waals surface area contributed by atoms with Crippen LogP contribution in [-0.2, 0) is 4.79 Å². The molecule has 21 heavy (non-hydrogen) atoms. The number of nitrogens with two attached hydrogens (primary N) is 1. The van der Waals surface area contributed by atoms with E-state index in [9.17, 15) is 9.90 Å². The summed E-state index contributed by atoms with van der Waals surface area (Å²) in [4.78, 5) is 13.1. The van der Waals surface area contributed by atoms with Crippen LogP contribution in [0.5, 0.6) is 0 Å². The Morgan fingerprint density at radius 3 is 2.81 bits per heavy atom. The van der Waals surface area contributed by atoms with Crippen LogP contribution < -0.4 is 5.73 Å². The second-order valence-electron chi connectivity index (χ2n) is 5.84. The van der Waals surface area contributed by atoms with Crippen LogP contribution in [0.2, 0.25) is 5.02 Å². The zero-order valence-corrected chi connectivity index (χ0v) is 12.9. The topological polar surface area (TPSA) is 66.6 Å². The van der Waals surface area contributed by atoms with E-state index in [1.54, 1.807) is 12.1 Å². The van der Waals surface area contributed by atoms with E-state index in [0.29, 0.717) is 23.9 Å². The Morgan fingerprint density at radius 1 is 1.43 bits per heavy atom. The van der Waals surface area contributed by atoms with E-state index in [4.69, 9.17) is 17.3 Å². The van der Waals surface area contributed by atoms with Gasteiger partial charge in [0.2, 0.25) is 5.91 Å². The number of aliphatic hydroxyl groups is 1. The Bertz CT molecular complexity index is 464. The molecule has 1 aromatic carbocycles. The average Bonchev–Trinajstić information content (AvgIpc) is 2.46. The summed E-state index contributed by atoms with van der Waals surface area (Å²) in [6.07, 6.45) is 3.05. The van der Waals surface area contributed by atoms with Gasteiger partial charge in [0.25, 0.3) is 0 Å². The molecular weight excluding hydrogens is 288 g/mol. The highest BCUT2D eigenvalue weighted by molar-refractivity contribution is 6.30. The molecule has 1 heterocycles. The Morgan fingerprint density at radius 2 is 2.14 bits per heavy atom. The van der Waals surface area contributed by atoms with Gasteiger partial charge in [0.05, 0.1) is 6.10 Å². The van der Waals surface area contributed by atoms with Gasteiger partial charge >= 0.3 is 0 Å². The van der Waals surface area contributed by atoms with Gasteiger partial charge in [-0.1, -0.05) is 23.7 Å². The predicted octanol–water partition coefficient (Wildman–Crippen LogP) is 2.35. The van der Waals surface area contributed by atoms with Gasteiger partial charge in [0.15, 0.2) is 0 Å². The summed E-state index contributed by atoms with van der Waals surface area (Å²) in [7, 11) is 0. The van der Waals surface area contributed by atoms with Crippen molar-refractivity contribution >= 4 is 17.5 Å². The highest BCUT2D eigenvalue weighted by atomic mass is 35.5. The van der Waals surface area contributed by atoms with Gasteiger partial charge in [-0.3, -0.25) is 4.79 Å². The number of hydrogen-bond acceptors (Lipinski definition) is 3. The van der Waals surface area contributed by atoms with Gasteiger partial charge in [0, 0.05) is 24.5 Å². The van der Waals surface area contributed by atoms with Gasteiger partial charge in [-0.2, -0.15) is 0 Å². The maximum Gasteiger partial charge on any atom is 0.217 e. The fourth-order valence-electron chi connectivity index (χ4n) is 2.93. The lowest BCUT2D eigenvalue weighted by Crippen LogP contribution is -2.38. The third kappa shape index (κ3) is 5.30. The number of carbonyl (C=O) groups excluding carboxylic acids is 1. The van der Waals surface area contributed by atoms with Crippen LogP contribution in [0.3, 0.4) is 0 Å². The minimum atomic E-state index is -0.503. The molecule has 116 valence electrons. The molecule has 5 heteroatoms. The largest absolute Gasteiger partial charge is 0.387 e. The van der Waals surface area contributed by atoms with Crippen molar-refractivity contribution in [1.82, 2.24) is 4.90 Å². The first-order valence-corrected chi connectivity index (χ1v) is 7.86. The minimum Gasteiger partial charge on any atom is -0.387 e. The Balaban J connectivity index is 1.84. The Kier molecular flexibility index (Phi) is 6.03. The number of halogens is 1. The molecule has 0 aromatic heterocycles. The van der Waals surface area contributed by atoms with Gasteiger partial charge in [-0.15, -0.1) is 0 Å². The summed E-state index contributed by atoms with van der Waals surface area (Å²) < 4.78 is 0. The molecule has 1 saturated heterocycles. The Hall–Kier alpha value is -1.10. The Labute approximate surface area is 130 Å². The summed E-state index contributed by atoms with van der Waals surface area (Å²) >= 11 is 5.86. The van der Waals surface area contributed by atoms with Crippen LogP contribution in [0.4, 0.5) is 0 Å². The first-order chi connectivity index (χ1) is 10.0. The molecule has 1 aliphatic rings. The molecule has 4 nitrogen and oxygen atoms in total. The molecule has 2 unspecified atom stereocenters. The number of aliphatic hydroxyl groups excluding tert-OH is 1. The summed E-state index contributed by atoms with van der Waals surface area (Å²) in [5.74, 6) is 0.275. The maximum atomic E-state index is 10.9. The molecule has 3 N–H and O–H groups in total. The van der Waals surface area contributed by atoms with Crippen molar-refractivity contribution < 1.29 is 9.90 Å². The zero-order valence-electron chi connectivity index (χ0n) is 12.2. The molecule has 0 aliphatic carbocycles. The van der Waals surface area contributed by atoms with E-state index in [0.717, 1.165) is 37.9 Å². The van der Waals surface area contributed by atoms with Gasteiger partial charge in [0.1, 0.15) is 0 Å². The number of amides is 1. The molecule has 1 fully saturated rings. The SMILES string of the molecule is NC(=O)CCC1CCCN(CC(O)c2ccc(Cl)cc2)C1. The van der Waals surface area contributed by atoms with Crippen molar-refractivity contribution in [2.24, 2.45) is 11.7 Å². The molecule has 0 radical (unpaired) electrons. The molecule has 1 aliphatic heterocycles. The molecule has 2 rings (SSSR count). The van der Waals surface area contributed by atoms with E-state index in [1.807, 2.05) is 12.1 Å². The number of benzene rings is 1. The highest BCUT2D eigenvalue weighted by Crippen LogP contribution is 2.24. The van der Waals surface area contributed by atoms with Gasteiger partial charge in [-0.05, 0) is 49.4 Å². The monoisotopic (exact) mass is 310 g/mol. The number of primary amides is 1. The van der Waals surface area contributed by atoms with Crippen LogP contribution in [0, 0.1) is 5.92 Å². The van der Waals surface area contributed by atoms with Crippen LogP contribution >= 0.6 is 11.6 Å². The highest BCUT2D eigenvalue weighted by Gasteiger charge is 2.22. The number of piperidine rings is 1. The van der Waals surface area contributed by atoms with Gasteiger partial charge in [-0.25, -0.2) is 0 Å². The van der Waals surface area contributed by atoms with E-state index in [-0.39, 0.29) is 5.91 Å². The summed E-state index contributed by atoms with van der Waals surface area (Å²) in [5.41, 5.74) is 6.10. The fourth-order valence-corrected chi connectivity index (χ4v) is 3.06. The second-order valence-corrected chi connectivity index (χ2v) is 6.28. The van der Waals surface area contributed by atoms with E-state index >= 15 is 0 Å². The van der Waals surface area contributed by atoms with Crippen molar-refractivity contribution in [2.45, 2.75) is 31.8 Å². The number of carbonyl (C=O) groups is 1. The van der Waals surface area contributed by atoms with Gasteiger partial charge < -0.3 is 15.7 Å². The number of nitrogens with zero attached hydrogens (tertiary/aromatic N) is 1.